The zero-order valence-electron chi connectivity index (χ0n) is 11.2. The molecule has 0 unspecified atom stereocenters. The van der Waals surface area contributed by atoms with E-state index in [1.165, 1.54) is 18.2 Å². The number of ether oxygens (including phenoxy) is 2. The Morgan fingerprint density at radius 3 is 2.65 bits per heavy atom. The van der Waals surface area contributed by atoms with Gasteiger partial charge in [0.05, 0.1) is 11.5 Å². The van der Waals surface area contributed by atoms with Gasteiger partial charge in [-0.1, -0.05) is 0 Å². The fraction of sp³-hybridized carbons (Fsp3) is 0.417. The first-order valence-electron chi connectivity index (χ1n) is 5.78. The van der Waals surface area contributed by atoms with Crippen LogP contribution in [0.25, 0.3) is 0 Å². The molecule has 20 heavy (non-hydrogen) atoms. The quantitative estimate of drug-likeness (QED) is 0.600. The van der Waals surface area contributed by atoms with E-state index in [1.807, 2.05) is 0 Å². The number of nitrogens with one attached hydrogen (secondary N) is 1. The van der Waals surface area contributed by atoms with Gasteiger partial charge in [0.25, 0.3) is 15.0 Å². The molecule has 6 nitrogen and oxygen atoms in total. The third kappa shape index (κ3) is 5.36. The van der Waals surface area contributed by atoms with Crippen molar-refractivity contribution in [1.29, 1.82) is 0 Å². The van der Waals surface area contributed by atoms with E-state index >= 15 is 0 Å². The van der Waals surface area contributed by atoms with E-state index in [-0.39, 0.29) is 17.4 Å². The Morgan fingerprint density at radius 2 is 2.10 bits per heavy atom. The Labute approximate surface area is 122 Å². The minimum Gasteiger partial charge on any atom is -0.484 e. The monoisotopic (exact) mass is 321 g/mol. The molecule has 0 saturated heterocycles. The van der Waals surface area contributed by atoms with Crippen molar-refractivity contribution in [2.45, 2.75) is 11.8 Å². The molecule has 1 aromatic carbocycles. The van der Waals surface area contributed by atoms with Crippen LogP contribution in [0, 0.1) is 6.92 Å². The lowest BCUT2D eigenvalue weighted by molar-refractivity contribution is -0.123. The summed E-state index contributed by atoms with van der Waals surface area (Å²) in [6, 6.07) is 4.18. The van der Waals surface area contributed by atoms with E-state index in [0.717, 1.165) is 0 Å². The summed E-state index contributed by atoms with van der Waals surface area (Å²) in [6.07, 6.45) is 0. The molecular formula is C12H16ClNO5S. The van der Waals surface area contributed by atoms with E-state index in [1.54, 1.807) is 14.0 Å². The van der Waals surface area contributed by atoms with Gasteiger partial charge in [0, 0.05) is 24.3 Å². The number of halogens is 1. The van der Waals surface area contributed by atoms with Crippen LogP contribution < -0.4 is 10.1 Å². The molecule has 0 aliphatic carbocycles. The summed E-state index contributed by atoms with van der Waals surface area (Å²) in [7, 11) is 3.01. The number of carbonyl (C=O) groups is 1. The molecule has 0 bridgehead atoms. The molecule has 1 aromatic rings. The molecule has 1 rings (SSSR count). The number of rotatable bonds is 7. The number of amides is 1. The molecule has 0 aliphatic rings. The Kier molecular flexibility index (Phi) is 6.25. The molecule has 0 aliphatic heterocycles. The van der Waals surface area contributed by atoms with E-state index in [4.69, 9.17) is 20.2 Å². The lowest BCUT2D eigenvalue weighted by atomic mass is 10.2. The number of hydrogen-bond acceptors (Lipinski definition) is 5. The fourth-order valence-electron chi connectivity index (χ4n) is 1.42. The van der Waals surface area contributed by atoms with Crippen LogP contribution in [0.1, 0.15) is 5.56 Å². The molecule has 0 fully saturated rings. The Morgan fingerprint density at radius 1 is 1.40 bits per heavy atom. The summed E-state index contributed by atoms with van der Waals surface area (Å²) in [5.74, 6) is 0.145. The van der Waals surface area contributed by atoms with Gasteiger partial charge in [-0.25, -0.2) is 8.42 Å². The van der Waals surface area contributed by atoms with Crippen LogP contribution >= 0.6 is 10.7 Å². The van der Waals surface area contributed by atoms with Crippen molar-refractivity contribution >= 4 is 25.6 Å². The lowest BCUT2D eigenvalue weighted by Crippen LogP contribution is -2.31. The normalized spacial score (nSPS) is 11.2. The van der Waals surface area contributed by atoms with Crippen LogP contribution in [0.4, 0.5) is 0 Å². The smallest absolute Gasteiger partial charge is 0.261 e. The molecule has 1 N–H and O–H groups in total. The maximum absolute atomic E-state index is 11.4. The largest absolute Gasteiger partial charge is 0.484 e. The van der Waals surface area contributed by atoms with Gasteiger partial charge in [-0.15, -0.1) is 0 Å². The molecule has 0 spiro atoms. The summed E-state index contributed by atoms with van der Waals surface area (Å²) < 4.78 is 32.4. The highest BCUT2D eigenvalue weighted by molar-refractivity contribution is 8.13. The summed E-state index contributed by atoms with van der Waals surface area (Å²) in [5, 5.41) is 2.60. The predicted octanol–water partition coefficient (Wildman–Crippen LogP) is 1.06. The third-order valence-electron chi connectivity index (χ3n) is 2.42. The van der Waals surface area contributed by atoms with Gasteiger partial charge < -0.3 is 14.8 Å². The molecule has 0 radical (unpaired) electrons. The number of methoxy groups -OCH3 is 1. The van der Waals surface area contributed by atoms with Crippen LogP contribution in [-0.2, 0) is 18.6 Å². The van der Waals surface area contributed by atoms with Crippen molar-refractivity contribution in [3.05, 3.63) is 23.8 Å². The van der Waals surface area contributed by atoms with Crippen LogP contribution in [0.15, 0.2) is 23.1 Å². The average Bonchev–Trinajstić information content (AvgIpc) is 2.36. The Balaban J connectivity index is 2.59. The van der Waals surface area contributed by atoms with Gasteiger partial charge in [0.2, 0.25) is 0 Å². The molecule has 8 heteroatoms. The van der Waals surface area contributed by atoms with Crippen molar-refractivity contribution in [2.24, 2.45) is 0 Å². The Bertz CT molecular complexity index is 573. The summed E-state index contributed by atoms with van der Waals surface area (Å²) in [4.78, 5) is 11.4. The molecule has 0 saturated carbocycles. The van der Waals surface area contributed by atoms with E-state index in [9.17, 15) is 13.2 Å². The molecule has 1 amide bonds. The number of hydrogen-bond donors (Lipinski definition) is 1. The Hall–Kier alpha value is -1.31. The SMILES string of the molecule is COCCNC(=O)COc1ccc(S(=O)(=O)Cl)cc1C. The predicted molar refractivity (Wildman–Crippen MR) is 74.6 cm³/mol. The highest BCUT2D eigenvalue weighted by Gasteiger charge is 2.12. The summed E-state index contributed by atoms with van der Waals surface area (Å²) >= 11 is 0. The van der Waals surface area contributed by atoms with E-state index in [0.29, 0.717) is 24.5 Å². The number of carbonyl (C=O) groups excluding carboxylic acids is 1. The van der Waals surface area contributed by atoms with E-state index in [2.05, 4.69) is 5.32 Å². The number of benzene rings is 1. The van der Waals surface area contributed by atoms with Gasteiger partial charge in [-0.2, -0.15) is 0 Å². The summed E-state index contributed by atoms with van der Waals surface area (Å²) in [6.45, 7) is 2.34. The van der Waals surface area contributed by atoms with Crippen molar-refractivity contribution in [3.63, 3.8) is 0 Å². The maximum atomic E-state index is 11.4. The number of aryl methyl sites for hydroxylation is 1. The molecule has 0 heterocycles. The minimum absolute atomic E-state index is 0.00596. The lowest BCUT2D eigenvalue weighted by Gasteiger charge is -2.10. The van der Waals surface area contributed by atoms with Crippen molar-refractivity contribution in [2.75, 3.05) is 26.9 Å². The maximum Gasteiger partial charge on any atom is 0.261 e. The van der Waals surface area contributed by atoms with Gasteiger partial charge in [-0.05, 0) is 30.7 Å². The third-order valence-corrected chi connectivity index (χ3v) is 3.77. The summed E-state index contributed by atoms with van der Waals surface area (Å²) in [5.41, 5.74) is 0.580. The fourth-order valence-corrected chi connectivity index (χ4v) is 2.26. The average molecular weight is 322 g/mol. The van der Waals surface area contributed by atoms with Gasteiger partial charge in [0.15, 0.2) is 6.61 Å². The molecular weight excluding hydrogens is 306 g/mol. The van der Waals surface area contributed by atoms with Gasteiger partial charge in [-0.3, -0.25) is 4.79 Å². The van der Waals surface area contributed by atoms with E-state index < -0.39 is 9.05 Å². The van der Waals surface area contributed by atoms with Gasteiger partial charge >= 0.3 is 0 Å². The first-order chi connectivity index (χ1) is 9.34. The highest BCUT2D eigenvalue weighted by Crippen LogP contribution is 2.23. The first-order valence-corrected chi connectivity index (χ1v) is 8.09. The standard InChI is InChI=1S/C12H16ClNO5S/c1-9-7-10(20(13,16)17)3-4-11(9)19-8-12(15)14-5-6-18-2/h3-4,7H,5-6,8H2,1-2H3,(H,14,15). The molecule has 0 aromatic heterocycles. The molecule has 112 valence electrons. The minimum atomic E-state index is -3.76. The molecule has 0 atom stereocenters. The van der Waals surface area contributed by atoms with Crippen molar-refractivity contribution in [1.82, 2.24) is 5.32 Å². The topological polar surface area (TPSA) is 81.7 Å². The van der Waals surface area contributed by atoms with Gasteiger partial charge in [0.1, 0.15) is 5.75 Å². The van der Waals surface area contributed by atoms with Crippen LogP contribution in [0.3, 0.4) is 0 Å². The zero-order valence-corrected chi connectivity index (χ0v) is 12.8. The second-order valence-electron chi connectivity index (χ2n) is 4.00. The highest BCUT2D eigenvalue weighted by atomic mass is 35.7. The van der Waals surface area contributed by atoms with Crippen LogP contribution in [-0.4, -0.2) is 41.2 Å². The van der Waals surface area contributed by atoms with Crippen molar-refractivity contribution in [3.8, 4) is 5.75 Å². The van der Waals surface area contributed by atoms with Crippen molar-refractivity contribution < 1.29 is 22.7 Å². The second kappa shape index (κ2) is 7.47. The zero-order chi connectivity index (χ0) is 15.2. The van der Waals surface area contributed by atoms with Crippen LogP contribution in [0.5, 0.6) is 5.75 Å². The second-order valence-corrected chi connectivity index (χ2v) is 6.56. The van der Waals surface area contributed by atoms with Crippen LogP contribution in [0.2, 0.25) is 0 Å². The first kappa shape index (κ1) is 16.7.